The first kappa shape index (κ1) is 8.77. The van der Waals surface area contributed by atoms with Gasteiger partial charge in [-0.1, -0.05) is 20.8 Å². The Balaban J connectivity index is 3.17. The average molecular weight is 168 g/mol. The lowest BCUT2D eigenvalue weighted by atomic mass is 9.91. The SMILES string of the molecule is CC(C)(C)c1[nH]ccc1[N+](=O)[O-]. The predicted molar refractivity (Wildman–Crippen MR) is 46.1 cm³/mol. The molecule has 0 aliphatic rings. The molecule has 0 atom stereocenters. The third-order valence-electron chi connectivity index (χ3n) is 1.67. The summed E-state index contributed by atoms with van der Waals surface area (Å²) in [5.74, 6) is 0. The molecule has 12 heavy (non-hydrogen) atoms. The minimum atomic E-state index is -0.364. The molecule has 4 heteroatoms. The van der Waals surface area contributed by atoms with Crippen molar-refractivity contribution in [3.63, 3.8) is 0 Å². The first-order chi connectivity index (χ1) is 5.43. The highest BCUT2D eigenvalue weighted by Crippen LogP contribution is 2.29. The molecule has 0 aliphatic carbocycles. The third kappa shape index (κ3) is 1.47. The van der Waals surface area contributed by atoms with Crippen LogP contribution in [0.1, 0.15) is 26.5 Å². The van der Waals surface area contributed by atoms with Crippen molar-refractivity contribution in [1.29, 1.82) is 0 Å². The van der Waals surface area contributed by atoms with Gasteiger partial charge in [-0.3, -0.25) is 10.1 Å². The van der Waals surface area contributed by atoms with Crippen LogP contribution in [0.2, 0.25) is 0 Å². The molecule has 0 bridgehead atoms. The van der Waals surface area contributed by atoms with Crippen LogP contribution in [-0.2, 0) is 5.41 Å². The second-order valence-electron chi connectivity index (χ2n) is 3.75. The van der Waals surface area contributed by atoms with E-state index in [0.29, 0.717) is 5.69 Å². The van der Waals surface area contributed by atoms with Gasteiger partial charge in [0.25, 0.3) is 5.69 Å². The zero-order valence-corrected chi connectivity index (χ0v) is 7.42. The van der Waals surface area contributed by atoms with E-state index in [1.165, 1.54) is 6.07 Å². The van der Waals surface area contributed by atoms with Gasteiger partial charge in [-0.15, -0.1) is 0 Å². The Kier molecular flexibility index (Phi) is 1.92. The number of hydrogen-bond donors (Lipinski definition) is 1. The smallest absolute Gasteiger partial charge is 0.290 e. The Morgan fingerprint density at radius 2 is 2.08 bits per heavy atom. The van der Waals surface area contributed by atoms with Gasteiger partial charge < -0.3 is 4.98 Å². The number of aromatic nitrogens is 1. The minimum Gasteiger partial charge on any atom is -0.359 e. The maximum atomic E-state index is 10.5. The molecule has 0 radical (unpaired) electrons. The van der Waals surface area contributed by atoms with Crippen LogP contribution in [0.25, 0.3) is 0 Å². The molecule has 0 amide bonds. The van der Waals surface area contributed by atoms with E-state index in [4.69, 9.17) is 0 Å². The Bertz CT molecular complexity index is 296. The molecule has 1 aromatic rings. The Morgan fingerprint density at radius 1 is 1.50 bits per heavy atom. The normalized spacial score (nSPS) is 11.6. The largest absolute Gasteiger partial charge is 0.359 e. The number of nitro groups is 1. The quantitative estimate of drug-likeness (QED) is 0.516. The highest BCUT2D eigenvalue weighted by Gasteiger charge is 2.25. The molecule has 0 fully saturated rings. The van der Waals surface area contributed by atoms with Gasteiger partial charge in [-0.2, -0.15) is 0 Å². The van der Waals surface area contributed by atoms with E-state index in [2.05, 4.69) is 4.98 Å². The average Bonchev–Trinajstić information content (AvgIpc) is 2.30. The van der Waals surface area contributed by atoms with Gasteiger partial charge in [0.2, 0.25) is 0 Å². The van der Waals surface area contributed by atoms with Crippen molar-refractivity contribution in [2.24, 2.45) is 0 Å². The molecule has 1 aromatic heterocycles. The number of aromatic amines is 1. The van der Waals surface area contributed by atoms with Crippen molar-refractivity contribution in [3.05, 3.63) is 28.1 Å². The Labute approximate surface area is 70.8 Å². The van der Waals surface area contributed by atoms with Crippen LogP contribution < -0.4 is 0 Å². The molecule has 0 aliphatic heterocycles. The Hall–Kier alpha value is -1.32. The molecular formula is C8H12N2O2. The fourth-order valence-corrected chi connectivity index (χ4v) is 1.11. The number of nitrogens with zero attached hydrogens (tertiary/aromatic N) is 1. The van der Waals surface area contributed by atoms with Crippen LogP contribution in [0.15, 0.2) is 12.3 Å². The van der Waals surface area contributed by atoms with Crippen LogP contribution in [0, 0.1) is 10.1 Å². The molecule has 66 valence electrons. The van der Waals surface area contributed by atoms with E-state index in [-0.39, 0.29) is 16.0 Å². The lowest BCUT2D eigenvalue weighted by Crippen LogP contribution is -2.13. The molecule has 4 nitrogen and oxygen atoms in total. The van der Waals surface area contributed by atoms with Crippen LogP contribution in [0.4, 0.5) is 5.69 Å². The molecule has 1 rings (SSSR count). The van der Waals surface area contributed by atoms with Gasteiger partial charge >= 0.3 is 0 Å². The lowest BCUT2D eigenvalue weighted by molar-refractivity contribution is -0.385. The molecule has 0 unspecified atom stereocenters. The second-order valence-corrected chi connectivity index (χ2v) is 3.75. The predicted octanol–water partition coefficient (Wildman–Crippen LogP) is 2.22. The maximum absolute atomic E-state index is 10.5. The molecule has 0 saturated heterocycles. The molecule has 1 N–H and O–H groups in total. The van der Waals surface area contributed by atoms with Gasteiger partial charge in [0.05, 0.1) is 10.6 Å². The molecular weight excluding hydrogens is 156 g/mol. The second kappa shape index (κ2) is 2.62. The van der Waals surface area contributed by atoms with E-state index < -0.39 is 0 Å². The molecule has 0 saturated carbocycles. The fourth-order valence-electron chi connectivity index (χ4n) is 1.11. The summed E-state index contributed by atoms with van der Waals surface area (Å²) >= 11 is 0. The van der Waals surface area contributed by atoms with Crippen molar-refractivity contribution in [2.45, 2.75) is 26.2 Å². The standard InChI is InChI=1S/C8H12N2O2/c1-8(2,3)7-6(10(11)12)4-5-9-7/h4-5,9H,1-3H3. The van der Waals surface area contributed by atoms with Crippen molar-refractivity contribution < 1.29 is 4.92 Å². The number of rotatable bonds is 1. The highest BCUT2D eigenvalue weighted by atomic mass is 16.6. The summed E-state index contributed by atoms with van der Waals surface area (Å²) in [5, 5.41) is 10.5. The van der Waals surface area contributed by atoms with Crippen LogP contribution in [0.5, 0.6) is 0 Å². The summed E-state index contributed by atoms with van der Waals surface area (Å²) in [4.78, 5) is 13.0. The van der Waals surface area contributed by atoms with Gasteiger partial charge in [-0.05, 0) is 0 Å². The van der Waals surface area contributed by atoms with Crippen molar-refractivity contribution in [2.75, 3.05) is 0 Å². The fraction of sp³-hybridized carbons (Fsp3) is 0.500. The van der Waals surface area contributed by atoms with Crippen molar-refractivity contribution in [3.8, 4) is 0 Å². The molecule has 0 aromatic carbocycles. The summed E-state index contributed by atoms with van der Waals surface area (Å²) < 4.78 is 0. The van der Waals surface area contributed by atoms with Gasteiger partial charge in [0, 0.05) is 17.7 Å². The summed E-state index contributed by atoms with van der Waals surface area (Å²) in [6, 6.07) is 1.49. The highest BCUT2D eigenvalue weighted by molar-refractivity contribution is 5.39. The Morgan fingerprint density at radius 3 is 2.42 bits per heavy atom. The lowest BCUT2D eigenvalue weighted by Gasteiger charge is -2.15. The first-order valence-corrected chi connectivity index (χ1v) is 3.75. The zero-order valence-electron chi connectivity index (χ0n) is 7.42. The number of H-pyrrole nitrogens is 1. The topological polar surface area (TPSA) is 58.9 Å². The van der Waals surface area contributed by atoms with E-state index in [0.717, 1.165) is 0 Å². The van der Waals surface area contributed by atoms with E-state index >= 15 is 0 Å². The number of hydrogen-bond acceptors (Lipinski definition) is 2. The van der Waals surface area contributed by atoms with E-state index in [1.807, 2.05) is 20.8 Å². The molecule has 1 heterocycles. The zero-order chi connectivity index (χ0) is 9.35. The van der Waals surface area contributed by atoms with E-state index in [1.54, 1.807) is 6.20 Å². The third-order valence-corrected chi connectivity index (χ3v) is 1.67. The van der Waals surface area contributed by atoms with E-state index in [9.17, 15) is 10.1 Å². The van der Waals surface area contributed by atoms with Gasteiger partial charge in [0.15, 0.2) is 0 Å². The first-order valence-electron chi connectivity index (χ1n) is 3.75. The van der Waals surface area contributed by atoms with Gasteiger partial charge in [-0.25, -0.2) is 0 Å². The molecule has 0 spiro atoms. The van der Waals surface area contributed by atoms with Crippen LogP contribution >= 0.6 is 0 Å². The monoisotopic (exact) mass is 168 g/mol. The maximum Gasteiger partial charge on any atom is 0.290 e. The minimum absolute atomic E-state index is 0.169. The summed E-state index contributed by atoms with van der Waals surface area (Å²) in [6.45, 7) is 5.81. The van der Waals surface area contributed by atoms with Crippen molar-refractivity contribution in [1.82, 2.24) is 4.98 Å². The van der Waals surface area contributed by atoms with Gasteiger partial charge in [0.1, 0.15) is 0 Å². The van der Waals surface area contributed by atoms with Crippen molar-refractivity contribution >= 4 is 5.69 Å². The summed E-state index contributed by atoms with van der Waals surface area (Å²) in [7, 11) is 0. The number of nitrogens with one attached hydrogen (secondary N) is 1. The summed E-state index contributed by atoms with van der Waals surface area (Å²) in [6.07, 6.45) is 1.60. The van der Waals surface area contributed by atoms with Crippen LogP contribution in [-0.4, -0.2) is 9.91 Å². The summed E-state index contributed by atoms with van der Waals surface area (Å²) in [5.41, 5.74) is 0.640. The van der Waals surface area contributed by atoms with Crippen LogP contribution in [0.3, 0.4) is 0 Å².